The second-order valence-electron chi connectivity index (χ2n) is 3.49. The first-order valence-corrected chi connectivity index (χ1v) is 4.47. The number of ketones is 1. The van der Waals surface area contributed by atoms with Gasteiger partial charge in [0.05, 0.1) is 11.8 Å². The molecule has 0 aromatic rings. The Morgan fingerprint density at radius 3 is 2.29 bits per heavy atom. The molecule has 5 heteroatoms. The summed E-state index contributed by atoms with van der Waals surface area (Å²) in [5, 5.41) is 17.6. The van der Waals surface area contributed by atoms with E-state index < -0.39 is 29.7 Å². The minimum Gasteiger partial charge on any atom is -0.481 e. The van der Waals surface area contributed by atoms with Crippen LogP contribution in [0.15, 0.2) is 0 Å². The van der Waals surface area contributed by atoms with Crippen molar-refractivity contribution in [1.29, 1.82) is 0 Å². The number of carbonyl (C=O) groups is 3. The highest BCUT2D eigenvalue weighted by Crippen LogP contribution is 2.36. The summed E-state index contributed by atoms with van der Waals surface area (Å²) in [6, 6.07) is 0. The Labute approximate surface area is 80.7 Å². The molecule has 1 saturated carbocycles. The van der Waals surface area contributed by atoms with Crippen LogP contribution in [0.5, 0.6) is 0 Å². The maximum Gasteiger partial charge on any atom is 0.308 e. The standard InChI is InChI=1S/C9H12O5/c1-2-4-6(10)3-5(8(11)12)7(4)9(13)14/h4-5,7H,2-3H2,1H3,(H,11,12)(H,13,14)/t4-,5+,7+/m0/s1. The van der Waals surface area contributed by atoms with E-state index in [2.05, 4.69) is 0 Å². The van der Waals surface area contributed by atoms with Crippen molar-refractivity contribution < 1.29 is 24.6 Å². The second kappa shape index (κ2) is 3.77. The molecule has 0 aromatic carbocycles. The molecule has 0 bridgehead atoms. The van der Waals surface area contributed by atoms with Crippen molar-refractivity contribution in [2.45, 2.75) is 19.8 Å². The fourth-order valence-electron chi connectivity index (χ4n) is 2.04. The summed E-state index contributed by atoms with van der Waals surface area (Å²) in [6.45, 7) is 1.70. The van der Waals surface area contributed by atoms with Gasteiger partial charge in [0.1, 0.15) is 5.78 Å². The lowest BCUT2D eigenvalue weighted by molar-refractivity contribution is -0.153. The van der Waals surface area contributed by atoms with Crippen LogP contribution in [0.3, 0.4) is 0 Å². The Morgan fingerprint density at radius 1 is 1.36 bits per heavy atom. The van der Waals surface area contributed by atoms with Crippen molar-refractivity contribution in [3.05, 3.63) is 0 Å². The Balaban J connectivity index is 2.96. The van der Waals surface area contributed by atoms with E-state index in [1.54, 1.807) is 6.92 Å². The molecular weight excluding hydrogens is 188 g/mol. The zero-order valence-corrected chi connectivity index (χ0v) is 7.77. The van der Waals surface area contributed by atoms with Crippen molar-refractivity contribution in [1.82, 2.24) is 0 Å². The molecule has 0 radical (unpaired) electrons. The van der Waals surface area contributed by atoms with Gasteiger partial charge in [-0.2, -0.15) is 0 Å². The highest BCUT2D eigenvalue weighted by molar-refractivity contribution is 5.96. The molecule has 1 aliphatic rings. The molecule has 1 rings (SSSR count). The quantitative estimate of drug-likeness (QED) is 0.687. The molecule has 3 atom stereocenters. The topological polar surface area (TPSA) is 91.7 Å². The van der Waals surface area contributed by atoms with E-state index in [9.17, 15) is 14.4 Å². The Hall–Kier alpha value is -1.39. The Bertz CT molecular complexity index is 283. The molecule has 0 amide bonds. The molecule has 14 heavy (non-hydrogen) atoms. The van der Waals surface area contributed by atoms with Gasteiger partial charge in [-0.1, -0.05) is 6.92 Å². The Morgan fingerprint density at radius 2 is 1.93 bits per heavy atom. The van der Waals surface area contributed by atoms with E-state index in [4.69, 9.17) is 10.2 Å². The lowest BCUT2D eigenvalue weighted by atomic mass is 9.88. The smallest absolute Gasteiger partial charge is 0.308 e. The van der Waals surface area contributed by atoms with Crippen LogP contribution >= 0.6 is 0 Å². The van der Waals surface area contributed by atoms with Gasteiger partial charge in [0.2, 0.25) is 0 Å². The molecular formula is C9H12O5. The zero-order valence-electron chi connectivity index (χ0n) is 7.77. The van der Waals surface area contributed by atoms with Crippen molar-refractivity contribution in [2.75, 3.05) is 0 Å². The molecule has 0 aromatic heterocycles. The highest BCUT2D eigenvalue weighted by Gasteiger charge is 2.48. The maximum absolute atomic E-state index is 11.3. The van der Waals surface area contributed by atoms with Gasteiger partial charge >= 0.3 is 11.9 Å². The second-order valence-corrected chi connectivity index (χ2v) is 3.49. The first-order chi connectivity index (χ1) is 6.49. The third kappa shape index (κ3) is 1.62. The number of carboxylic acids is 2. The first kappa shape index (κ1) is 10.7. The summed E-state index contributed by atoms with van der Waals surface area (Å²) in [4.78, 5) is 32.8. The molecule has 5 nitrogen and oxygen atoms in total. The van der Waals surface area contributed by atoms with Crippen LogP contribution in [0.2, 0.25) is 0 Å². The van der Waals surface area contributed by atoms with Crippen molar-refractivity contribution in [2.24, 2.45) is 17.8 Å². The number of carbonyl (C=O) groups excluding carboxylic acids is 1. The van der Waals surface area contributed by atoms with Crippen molar-refractivity contribution >= 4 is 17.7 Å². The first-order valence-electron chi connectivity index (χ1n) is 4.47. The summed E-state index contributed by atoms with van der Waals surface area (Å²) in [7, 11) is 0. The molecule has 0 spiro atoms. The lowest BCUT2D eigenvalue weighted by Crippen LogP contribution is -2.29. The average molecular weight is 200 g/mol. The van der Waals surface area contributed by atoms with Gasteiger partial charge in [0.15, 0.2) is 0 Å². The predicted octanol–water partition coefficient (Wildman–Crippen LogP) is 0.387. The van der Waals surface area contributed by atoms with Crippen LogP contribution in [0.1, 0.15) is 19.8 Å². The van der Waals surface area contributed by atoms with E-state index >= 15 is 0 Å². The summed E-state index contributed by atoms with van der Waals surface area (Å²) in [5.41, 5.74) is 0. The molecule has 0 saturated heterocycles. The third-order valence-electron chi connectivity index (χ3n) is 2.74. The van der Waals surface area contributed by atoms with E-state index in [0.29, 0.717) is 6.42 Å². The molecule has 0 heterocycles. The number of carboxylic acid groups (broad SMARTS) is 2. The van der Waals surface area contributed by atoms with Gasteiger partial charge in [-0.3, -0.25) is 14.4 Å². The van der Waals surface area contributed by atoms with E-state index in [0.717, 1.165) is 0 Å². The zero-order chi connectivity index (χ0) is 10.9. The number of hydrogen-bond acceptors (Lipinski definition) is 3. The highest BCUT2D eigenvalue weighted by atomic mass is 16.4. The lowest BCUT2D eigenvalue weighted by Gasteiger charge is -2.15. The van der Waals surface area contributed by atoms with E-state index in [-0.39, 0.29) is 12.2 Å². The van der Waals surface area contributed by atoms with Crippen LogP contribution in [0.25, 0.3) is 0 Å². The summed E-state index contributed by atoms with van der Waals surface area (Å²) < 4.78 is 0. The SMILES string of the molecule is CC[C@H]1C(=O)C[C@@H](C(=O)O)[C@@H]1C(=O)O. The molecule has 0 aliphatic heterocycles. The van der Waals surface area contributed by atoms with Crippen molar-refractivity contribution in [3.8, 4) is 0 Å². The van der Waals surface area contributed by atoms with Crippen LogP contribution in [-0.4, -0.2) is 27.9 Å². The normalized spacial score (nSPS) is 31.8. The van der Waals surface area contributed by atoms with E-state index in [1.165, 1.54) is 0 Å². The minimum absolute atomic E-state index is 0.148. The van der Waals surface area contributed by atoms with Gasteiger partial charge in [0, 0.05) is 12.3 Å². The number of rotatable bonds is 3. The third-order valence-corrected chi connectivity index (χ3v) is 2.74. The summed E-state index contributed by atoms with van der Waals surface area (Å²) in [6.07, 6.45) is 0.240. The van der Waals surface area contributed by atoms with Gasteiger partial charge in [0.25, 0.3) is 0 Å². The molecule has 78 valence electrons. The summed E-state index contributed by atoms with van der Waals surface area (Å²) >= 11 is 0. The van der Waals surface area contributed by atoms with Crippen LogP contribution < -0.4 is 0 Å². The van der Waals surface area contributed by atoms with Gasteiger partial charge in [-0.05, 0) is 6.42 Å². The largest absolute Gasteiger partial charge is 0.481 e. The molecule has 1 aliphatic carbocycles. The number of Topliss-reactive ketones (excluding diaryl/α,β-unsaturated/α-hetero) is 1. The van der Waals surface area contributed by atoms with Gasteiger partial charge in [-0.25, -0.2) is 0 Å². The maximum atomic E-state index is 11.3. The average Bonchev–Trinajstić information content (AvgIpc) is 2.42. The summed E-state index contributed by atoms with van der Waals surface area (Å²) in [5.74, 6) is -5.35. The Kier molecular flexibility index (Phi) is 2.88. The molecule has 2 N–H and O–H groups in total. The van der Waals surface area contributed by atoms with E-state index in [1.807, 2.05) is 0 Å². The van der Waals surface area contributed by atoms with Crippen LogP contribution in [0.4, 0.5) is 0 Å². The predicted molar refractivity (Wildman–Crippen MR) is 45.7 cm³/mol. The number of hydrogen-bond donors (Lipinski definition) is 2. The van der Waals surface area contributed by atoms with Gasteiger partial charge in [-0.15, -0.1) is 0 Å². The fraction of sp³-hybridized carbons (Fsp3) is 0.667. The molecule has 1 fully saturated rings. The fourth-order valence-corrected chi connectivity index (χ4v) is 2.04. The van der Waals surface area contributed by atoms with Crippen LogP contribution in [0, 0.1) is 17.8 Å². The van der Waals surface area contributed by atoms with Crippen LogP contribution in [-0.2, 0) is 14.4 Å². The van der Waals surface area contributed by atoms with Crippen molar-refractivity contribution in [3.63, 3.8) is 0 Å². The number of aliphatic carboxylic acids is 2. The monoisotopic (exact) mass is 200 g/mol. The minimum atomic E-state index is -1.19. The molecule has 0 unspecified atom stereocenters. The van der Waals surface area contributed by atoms with Gasteiger partial charge < -0.3 is 10.2 Å².